The third-order valence-corrected chi connectivity index (χ3v) is 2.77. The van der Waals surface area contributed by atoms with Crippen LogP contribution < -0.4 is 0 Å². The number of rotatable bonds is 5. The van der Waals surface area contributed by atoms with Crippen molar-refractivity contribution in [3.8, 4) is 0 Å². The highest BCUT2D eigenvalue weighted by atomic mass is 32.2. The molecule has 0 amide bonds. The number of thioether (sulfide) groups is 1. The molecule has 4 heteroatoms. The highest BCUT2D eigenvalue weighted by Crippen LogP contribution is 2.23. The van der Waals surface area contributed by atoms with Gasteiger partial charge in [0, 0.05) is 24.2 Å². The third kappa shape index (κ3) is 3.65. The average molecular weight is 215 g/mol. The Morgan fingerprint density at radius 1 is 1.43 bits per heavy atom. The second-order valence-electron chi connectivity index (χ2n) is 2.96. The Morgan fingerprint density at radius 3 is 2.79 bits per heavy atom. The first-order chi connectivity index (χ1) is 6.74. The van der Waals surface area contributed by atoms with Gasteiger partial charge in [0.15, 0.2) is 0 Å². The number of hydrogen-bond acceptors (Lipinski definition) is 3. The van der Waals surface area contributed by atoms with Gasteiger partial charge in [-0.15, -0.1) is 11.8 Å². The van der Waals surface area contributed by atoms with Crippen LogP contribution in [0.1, 0.15) is 5.56 Å². The molecule has 0 aliphatic heterocycles. The molecule has 1 rings (SSSR count). The fourth-order valence-electron chi connectivity index (χ4n) is 1.17. The molecule has 1 aromatic carbocycles. The summed E-state index contributed by atoms with van der Waals surface area (Å²) >= 11 is 1.48. The molecule has 1 N–H and O–H groups in total. The highest BCUT2D eigenvalue weighted by molar-refractivity contribution is 7.99. The third-order valence-electron chi connectivity index (χ3n) is 1.71. The smallest absolute Gasteiger partial charge is 0.0988 e. The Balaban J connectivity index is 2.69. The number of hydrogen-bond donors (Lipinski definition) is 1. The van der Waals surface area contributed by atoms with E-state index in [2.05, 4.69) is 0 Å². The summed E-state index contributed by atoms with van der Waals surface area (Å²) in [5.74, 6) is 0.464. The summed E-state index contributed by atoms with van der Waals surface area (Å²) in [6.07, 6.45) is 0. The summed E-state index contributed by atoms with van der Waals surface area (Å²) in [5.41, 5.74) is 1.02. The first kappa shape index (κ1) is 11.5. The van der Waals surface area contributed by atoms with Gasteiger partial charge in [0.1, 0.15) is 0 Å². The van der Waals surface area contributed by atoms with Crippen molar-refractivity contribution in [3.05, 3.63) is 29.8 Å². The van der Waals surface area contributed by atoms with Crippen LogP contribution in [0.25, 0.3) is 0 Å². The zero-order chi connectivity index (χ0) is 10.4. The maximum absolute atomic E-state index is 12.0. The Kier molecular flexibility index (Phi) is 4.93. The van der Waals surface area contributed by atoms with Gasteiger partial charge in [0.05, 0.1) is 6.67 Å². The van der Waals surface area contributed by atoms with Crippen molar-refractivity contribution in [3.63, 3.8) is 0 Å². The summed E-state index contributed by atoms with van der Waals surface area (Å²) in [6.45, 7) is 0.142. The predicted molar refractivity (Wildman–Crippen MR) is 56.4 cm³/mol. The molecule has 0 atom stereocenters. The minimum atomic E-state index is -0.325. The molecule has 0 radical (unpaired) electrons. The average Bonchev–Trinajstić information content (AvgIpc) is 2.16. The normalized spacial score (nSPS) is 10.9. The lowest BCUT2D eigenvalue weighted by atomic mass is 10.2. The van der Waals surface area contributed by atoms with Crippen molar-refractivity contribution in [2.45, 2.75) is 11.4 Å². The summed E-state index contributed by atoms with van der Waals surface area (Å²) in [6, 6.07) is 7.71. The molecule has 0 fully saturated rings. The van der Waals surface area contributed by atoms with Crippen molar-refractivity contribution >= 4 is 11.8 Å². The van der Waals surface area contributed by atoms with Gasteiger partial charge in [-0.25, -0.2) is 0 Å². The van der Waals surface area contributed by atoms with Gasteiger partial charge >= 0.3 is 0 Å². The van der Waals surface area contributed by atoms with Crippen LogP contribution in [0.15, 0.2) is 29.2 Å². The van der Waals surface area contributed by atoms with Gasteiger partial charge in [-0.2, -0.15) is 5.06 Å². The van der Waals surface area contributed by atoms with Crippen molar-refractivity contribution in [2.24, 2.45) is 0 Å². The zero-order valence-corrected chi connectivity index (χ0v) is 8.93. The van der Waals surface area contributed by atoms with Crippen LogP contribution in [0.5, 0.6) is 0 Å². The minimum Gasteiger partial charge on any atom is -0.314 e. The monoisotopic (exact) mass is 215 g/mol. The molecule has 78 valence electrons. The lowest BCUT2D eigenvalue weighted by Crippen LogP contribution is -2.12. The van der Waals surface area contributed by atoms with Crippen LogP contribution in [0.3, 0.4) is 0 Å². The molecule has 0 aliphatic rings. The number of alkyl halides is 1. The molecule has 0 saturated carbocycles. The molecule has 0 saturated heterocycles. The summed E-state index contributed by atoms with van der Waals surface area (Å²) < 4.78 is 12.0. The predicted octanol–water partition coefficient (Wildman–Crippen LogP) is 2.57. The second kappa shape index (κ2) is 6.01. The molecule has 14 heavy (non-hydrogen) atoms. The molecule has 0 aliphatic carbocycles. The Labute approximate surface area is 87.7 Å². The maximum atomic E-state index is 12.0. The van der Waals surface area contributed by atoms with E-state index in [0.29, 0.717) is 12.3 Å². The molecule has 0 bridgehead atoms. The van der Waals surface area contributed by atoms with Crippen LogP contribution in [0.4, 0.5) is 4.39 Å². The van der Waals surface area contributed by atoms with Crippen molar-refractivity contribution in [1.82, 2.24) is 5.06 Å². The van der Waals surface area contributed by atoms with E-state index >= 15 is 0 Å². The number of benzene rings is 1. The molecule has 2 nitrogen and oxygen atoms in total. The first-order valence-electron chi connectivity index (χ1n) is 4.40. The SMILES string of the molecule is CN(O)Cc1ccccc1SCCF. The quantitative estimate of drug-likeness (QED) is 0.603. The van der Waals surface area contributed by atoms with E-state index in [1.807, 2.05) is 24.3 Å². The minimum absolute atomic E-state index is 0.325. The van der Waals surface area contributed by atoms with Crippen molar-refractivity contribution in [2.75, 3.05) is 19.5 Å². The van der Waals surface area contributed by atoms with Gasteiger partial charge < -0.3 is 5.21 Å². The van der Waals surface area contributed by atoms with Crippen molar-refractivity contribution in [1.29, 1.82) is 0 Å². The highest BCUT2D eigenvalue weighted by Gasteiger charge is 2.03. The summed E-state index contributed by atoms with van der Waals surface area (Å²) in [5, 5.41) is 10.2. The lowest BCUT2D eigenvalue weighted by molar-refractivity contribution is -0.0737. The van der Waals surface area contributed by atoms with E-state index in [4.69, 9.17) is 5.21 Å². The standard InChI is InChI=1S/C10H14FNOS/c1-12(13)8-9-4-2-3-5-10(9)14-7-6-11/h2-5,13H,6-8H2,1H3. The first-order valence-corrected chi connectivity index (χ1v) is 5.39. The van der Waals surface area contributed by atoms with E-state index in [1.165, 1.54) is 11.8 Å². The maximum Gasteiger partial charge on any atom is 0.0988 e. The Morgan fingerprint density at radius 2 is 2.14 bits per heavy atom. The van der Waals surface area contributed by atoms with Crippen LogP contribution in [-0.2, 0) is 6.54 Å². The zero-order valence-electron chi connectivity index (χ0n) is 8.11. The summed E-state index contributed by atoms with van der Waals surface area (Å²) in [7, 11) is 1.59. The molecule has 0 heterocycles. The molecular formula is C10H14FNOS. The molecule has 0 aromatic heterocycles. The van der Waals surface area contributed by atoms with Gasteiger partial charge in [-0.05, 0) is 11.6 Å². The van der Waals surface area contributed by atoms with Gasteiger partial charge in [-0.3, -0.25) is 4.39 Å². The topological polar surface area (TPSA) is 23.5 Å². The molecule has 0 spiro atoms. The number of halogens is 1. The fraction of sp³-hybridized carbons (Fsp3) is 0.400. The van der Waals surface area contributed by atoms with E-state index in [9.17, 15) is 4.39 Å². The Bertz CT molecular complexity index is 281. The molecular weight excluding hydrogens is 201 g/mol. The largest absolute Gasteiger partial charge is 0.314 e. The van der Waals surface area contributed by atoms with Gasteiger partial charge in [0.2, 0.25) is 0 Å². The van der Waals surface area contributed by atoms with E-state index < -0.39 is 0 Å². The fourth-order valence-corrected chi connectivity index (χ4v) is 1.96. The van der Waals surface area contributed by atoms with Crippen LogP contribution >= 0.6 is 11.8 Å². The van der Waals surface area contributed by atoms with Crippen molar-refractivity contribution < 1.29 is 9.60 Å². The molecule has 0 unspecified atom stereocenters. The number of nitrogens with zero attached hydrogens (tertiary/aromatic N) is 1. The van der Waals surface area contributed by atoms with Gasteiger partial charge in [-0.1, -0.05) is 18.2 Å². The van der Waals surface area contributed by atoms with E-state index in [-0.39, 0.29) is 6.67 Å². The van der Waals surface area contributed by atoms with Crippen LogP contribution in [0, 0.1) is 0 Å². The number of hydroxylamine groups is 2. The van der Waals surface area contributed by atoms with E-state index in [0.717, 1.165) is 15.5 Å². The molecule has 1 aromatic rings. The second-order valence-corrected chi connectivity index (χ2v) is 4.10. The van der Waals surface area contributed by atoms with E-state index in [1.54, 1.807) is 7.05 Å². The van der Waals surface area contributed by atoms with Crippen LogP contribution in [0.2, 0.25) is 0 Å². The van der Waals surface area contributed by atoms with Crippen LogP contribution in [-0.4, -0.2) is 29.7 Å². The Hall–Kier alpha value is -0.580. The van der Waals surface area contributed by atoms with Gasteiger partial charge in [0.25, 0.3) is 0 Å². The summed E-state index contributed by atoms with van der Waals surface area (Å²) in [4.78, 5) is 1.03. The lowest BCUT2D eigenvalue weighted by Gasteiger charge is -2.11.